The standard InChI is InChI=1S/C23H19N5O2/c1-13-9-19-23(24-12-13)27-22(26-19)17-10-15(8-7-14(17)2)25-21(29)11-20-16-5-3-4-6-18(16)28-30-20/h3-10,12H,11H2,1-2H3,(H,25,29)(H,24,26,27). The van der Waals surface area contributed by atoms with E-state index in [1.165, 1.54) is 0 Å². The number of aryl methyl sites for hydroxylation is 2. The van der Waals surface area contributed by atoms with Crippen LogP contribution < -0.4 is 5.32 Å². The largest absolute Gasteiger partial charge is 0.360 e. The number of aromatic nitrogens is 4. The van der Waals surface area contributed by atoms with E-state index >= 15 is 0 Å². The number of fused-ring (bicyclic) bond motifs is 2. The van der Waals surface area contributed by atoms with Crippen LogP contribution in [0, 0.1) is 13.8 Å². The van der Waals surface area contributed by atoms with E-state index in [4.69, 9.17) is 4.52 Å². The third-order valence-electron chi connectivity index (χ3n) is 5.03. The molecular formula is C23H19N5O2. The van der Waals surface area contributed by atoms with E-state index in [-0.39, 0.29) is 12.3 Å². The van der Waals surface area contributed by atoms with Crippen LogP contribution in [0.5, 0.6) is 0 Å². The van der Waals surface area contributed by atoms with Gasteiger partial charge < -0.3 is 14.8 Å². The van der Waals surface area contributed by atoms with Gasteiger partial charge in [-0.15, -0.1) is 0 Å². The molecule has 0 atom stereocenters. The molecule has 148 valence electrons. The Hall–Kier alpha value is -4.00. The van der Waals surface area contributed by atoms with Crippen molar-refractivity contribution < 1.29 is 9.32 Å². The van der Waals surface area contributed by atoms with E-state index in [0.29, 0.717) is 17.1 Å². The average Bonchev–Trinajstić information content (AvgIpc) is 3.33. The second-order valence-corrected chi connectivity index (χ2v) is 7.35. The SMILES string of the molecule is Cc1cnc2nc(-c3cc(NC(=O)Cc4onc5ccccc45)ccc3C)[nH]c2c1. The lowest BCUT2D eigenvalue weighted by atomic mass is 10.1. The molecule has 3 heterocycles. The lowest BCUT2D eigenvalue weighted by molar-refractivity contribution is -0.115. The van der Waals surface area contributed by atoms with Crippen molar-refractivity contribution in [2.24, 2.45) is 0 Å². The van der Waals surface area contributed by atoms with Gasteiger partial charge in [-0.1, -0.05) is 23.4 Å². The highest BCUT2D eigenvalue weighted by Gasteiger charge is 2.14. The number of H-pyrrole nitrogens is 1. The van der Waals surface area contributed by atoms with Crippen molar-refractivity contribution in [2.45, 2.75) is 20.3 Å². The number of carbonyl (C=O) groups excluding carboxylic acids is 1. The Morgan fingerprint density at radius 2 is 2.00 bits per heavy atom. The molecule has 0 saturated carbocycles. The summed E-state index contributed by atoms with van der Waals surface area (Å²) in [6.07, 6.45) is 1.90. The first-order valence-corrected chi connectivity index (χ1v) is 9.63. The van der Waals surface area contributed by atoms with Crippen LogP contribution in [-0.4, -0.2) is 26.0 Å². The lowest BCUT2D eigenvalue weighted by Gasteiger charge is -2.08. The molecule has 7 nitrogen and oxygen atoms in total. The van der Waals surface area contributed by atoms with Gasteiger partial charge in [-0.05, 0) is 55.3 Å². The summed E-state index contributed by atoms with van der Waals surface area (Å²) in [5, 5.41) is 7.79. The third kappa shape index (κ3) is 3.30. The van der Waals surface area contributed by atoms with Crippen LogP contribution in [0.1, 0.15) is 16.9 Å². The summed E-state index contributed by atoms with van der Waals surface area (Å²) in [6.45, 7) is 4.00. The summed E-state index contributed by atoms with van der Waals surface area (Å²) in [5.41, 5.74) is 6.01. The second kappa shape index (κ2) is 7.11. The Kier molecular flexibility index (Phi) is 4.28. The molecule has 0 unspecified atom stereocenters. The zero-order valence-electron chi connectivity index (χ0n) is 16.6. The van der Waals surface area contributed by atoms with Crippen LogP contribution in [0.3, 0.4) is 0 Å². The van der Waals surface area contributed by atoms with Crippen LogP contribution in [0.25, 0.3) is 33.5 Å². The average molecular weight is 397 g/mol. The van der Waals surface area contributed by atoms with E-state index in [2.05, 4.69) is 25.4 Å². The van der Waals surface area contributed by atoms with Gasteiger partial charge in [-0.2, -0.15) is 0 Å². The molecule has 0 aliphatic rings. The molecule has 5 rings (SSSR count). The fraction of sp³-hybridized carbons (Fsp3) is 0.130. The Morgan fingerprint density at radius 3 is 2.90 bits per heavy atom. The molecule has 0 saturated heterocycles. The highest BCUT2D eigenvalue weighted by molar-refractivity contribution is 5.95. The van der Waals surface area contributed by atoms with Gasteiger partial charge in [0, 0.05) is 22.8 Å². The Bertz CT molecular complexity index is 1400. The van der Waals surface area contributed by atoms with Gasteiger partial charge in [0.05, 0.1) is 11.9 Å². The number of benzene rings is 2. The maximum atomic E-state index is 12.6. The number of carbonyl (C=O) groups is 1. The van der Waals surface area contributed by atoms with Crippen molar-refractivity contribution >= 4 is 33.7 Å². The smallest absolute Gasteiger partial charge is 0.232 e. The van der Waals surface area contributed by atoms with Crippen LogP contribution >= 0.6 is 0 Å². The Morgan fingerprint density at radius 1 is 1.13 bits per heavy atom. The molecule has 2 aromatic carbocycles. The number of nitrogens with zero attached hydrogens (tertiary/aromatic N) is 3. The van der Waals surface area contributed by atoms with Gasteiger partial charge >= 0.3 is 0 Å². The molecule has 0 aliphatic carbocycles. The number of nitrogens with one attached hydrogen (secondary N) is 2. The van der Waals surface area contributed by atoms with Crippen molar-refractivity contribution in [3.63, 3.8) is 0 Å². The molecule has 7 heteroatoms. The van der Waals surface area contributed by atoms with Crippen LogP contribution in [0.2, 0.25) is 0 Å². The van der Waals surface area contributed by atoms with Crippen molar-refractivity contribution in [1.82, 2.24) is 20.1 Å². The summed E-state index contributed by atoms with van der Waals surface area (Å²) in [7, 11) is 0. The van der Waals surface area contributed by atoms with E-state index in [0.717, 1.165) is 38.9 Å². The zero-order valence-corrected chi connectivity index (χ0v) is 16.6. The van der Waals surface area contributed by atoms with Crippen LogP contribution in [0.4, 0.5) is 5.69 Å². The zero-order chi connectivity index (χ0) is 20.7. The van der Waals surface area contributed by atoms with E-state index < -0.39 is 0 Å². The molecular weight excluding hydrogens is 378 g/mol. The quantitative estimate of drug-likeness (QED) is 0.463. The lowest BCUT2D eigenvalue weighted by Crippen LogP contribution is -2.14. The van der Waals surface area contributed by atoms with Crippen molar-refractivity contribution in [3.8, 4) is 11.4 Å². The topological polar surface area (TPSA) is 96.7 Å². The number of rotatable bonds is 4. The van der Waals surface area contributed by atoms with Crippen LogP contribution in [0.15, 0.2) is 59.3 Å². The number of pyridine rings is 1. The van der Waals surface area contributed by atoms with Crippen LogP contribution in [-0.2, 0) is 11.2 Å². The van der Waals surface area contributed by atoms with Crippen molar-refractivity contribution in [2.75, 3.05) is 5.32 Å². The summed E-state index contributed by atoms with van der Waals surface area (Å²) >= 11 is 0. The van der Waals surface area contributed by atoms with Gasteiger partial charge in [-0.25, -0.2) is 9.97 Å². The van der Waals surface area contributed by atoms with Crippen molar-refractivity contribution in [3.05, 3.63) is 71.6 Å². The second-order valence-electron chi connectivity index (χ2n) is 7.35. The monoisotopic (exact) mass is 397 g/mol. The Balaban J connectivity index is 1.40. The summed E-state index contributed by atoms with van der Waals surface area (Å²) in [5.74, 6) is 1.10. The third-order valence-corrected chi connectivity index (χ3v) is 5.03. The molecule has 5 aromatic rings. The fourth-order valence-electron chi connectivity index (χ4n) is 3.51. The van der Waals surface area contributed by atoms with Gasteiger partial charge in [0.25, 0.3) is 0 Å². The maximum Gasteiger partial charge on any atom is 0.232 e. The fourth-order valence-corrected chi connectivity index (χ4v) is 3.51. The minimum atomic E-state index is -0.173. The van der Waals surface area contributed by atoms with Gasteiger partial charge in [0.1, 0.15) is 11.3 Å². The first-order chi connectivity index (χ1) is 14.6. The highest BCUT2D eigenvalue weighted by atomic mass is 16.5. The highest BCUT2D eigenvalue weighted by Crippen LogP contribution is 2.27. The summed E-state index contributed by atoms with van der Waals surface area (Å²) in [4.78, 5) is 24.9. The molecule has 2 N–H and O–H groups in total. The Labute approximate surface area is 172 Å². The van der Waals surface area contributed by atoms with E-state index in [1.54, 1.807) is 6.20 Å². The molecule has 0 bridgehead atoms. The number of amides is 1. The van der Waals surface area contributed by atoms with Crippen molar-refractivity contribution in [1.29, 1.82) is 0 Å². The molecule has 0 aliphatic heterocycles. The molecule has 0 radical (unpaired) electrons. The number of imidazole rings is 1. The summed E-state index contributed by atoms with van der Waals surface area (Å²) in [6, 6.07) is 15.3. The van der Waals surface area contributed by atoms with Gasteiger partial charge in [0.2, 0.25) is 5.91 Å². The van der Waals surface area contributed by atoms with Gasteiger partial charge in [-0.3, -0.25) is 4.79 Å². The van der Waals surface area contributed by atoms with Gasteiger partial charge in [0.15, 0.2) is 11.4 Å². The molecule has 3 aromatic heterocycles. The minimum Gasteiger partial charge on any atom is -0.360 e. The maximum absolute atomic E-state index is 12.6. The predicted octanol–water partition coefficient (Wildman–Crippen LogP) is 4.56. The van der Waals surface area contributed by atoms with E-state index in [9.17, 15) is 4.79 Å². The molecule has 1 amide bonds. The number of aromatic amines is 1. The normalized spacial score (nSPS) is 11.3. The number of hydrogen-bond acceptors (Lipinski definition) is 5. The molecule has 30 heavy (non-hydrogen) atoms. The number of hydrogen-bond donors (Lipinski definition) is 2. The number of anilines is 1. The first kappa shape index (κ1) is 18.1. The molecule has 0 fully saturated rings. The predicted molar refractivity (Wildman–Crippen MR) is 115 cm³/mol. The summed E-state index contributed by atoms with van der Waals surface area (Å²) < 4.78 is 5.35. The minimum absolute atomic E-state index is 0.109. The first-order valence-electron chi connectivity index (χ1n) is 9.63. The molecule has 0 spiro atoms. The van der Waals surface area contributed by atoms with E-state index in [1.807, 2.05) is 62.4 Å².